The van der Waals surface area contributed by atoms with E-state index < -0.39 is 0 Å². The number of ether oxygens (including phenoxy) is 1. The Kier molecular flexibility index (Phi) is 5.56. The summed E-state index contributed by atoms with van der Waals surface area (Å²) in [6, 6.07) is 18.3. The summed E-state index contributed by atoms with van der Waals surface area (Å²) in [5, 5.41) is 1.08. The molecule has 0 saturated carbocycles. The minimum atomic E-state index is -0.0407. The van der Waals surface area contributed by atoms with Crippen LogP contribution in [0.25, 0.3) is 10.9 Å². The van der Waals surface area contributed by atoms with Gasteiger partial charge in [0.25, 0.3) is 5.91 Å². The minimum Gasteiger partial charge on any atom is -0.497 e. The first-order valence-corrected chi connectivity index (χ1v) is 10.7. The monoisotopic (exact) mass is 405 g/mol. The van der Waals surface area contributed by atoms with E-state index in [1.165, 1.54) is 5.56 Å². The van der Waals surface area contributed by atoms with Gasteiger partial charge in [0.1, 0.15) is 11.4 Å². The minimum absolute atomic E-state index is 0.0407. The quantitative estimate of drug-likeness (QED) is 0.629. The van der Waals surface area contributed by atoms with Crippen LogP contribution in [0.15, 0.2) is 54.6 Å². The van der Waals surface area contributed by atoms with E-state index in [1.54, 1.807) is 7.11 Å². The van der Waals surface area contributed by atoms with E-state index in [1.807, 2.05) is 47.4 Å². The van der Waals surface area contributed by atoms with E-state index in [4.69, 9.17) is 4.74 Å². The smallest absolute Gasteiger partial charge is 0.270 e. The van der Waals surface area contributed by atoms with E-state index in [2.05, 4.69) is 42.8 Å². The Balaban J connectivity index is 1.38. The van der Waals surface area contributed by atoms with Crippen molar-refractivity contribution in [1.82, 2.24) is 14.8 Å². The van der Waals surface area contributed by atoms with Crippen molar-refractivity contribution in [2.75, 3.05) is 33.3 Å². The van der Waals surface area contributed by atoms with Crippen LogP contribution in [0.5, 0.6) is 5.75 Å². The molecule has 2 heterocycles. The summed E-state index contributed by atoms with van der Waals surface area (Å²) in [5.41, 5.74) is 2.92. The molecule has 0 bridgehead atoms. The van der Waals surface area contributed by atoms with Crippen molar-refractivity contribution >= 4 is 16.8 Å². The Bertz CT molecular complexity index is 983. The van der Waals surface area contributed by atoms with Gasteiger partial charge in [-0.2, -0.15) is 0 Å². The van der Waals surface area contributed by atoms with Gasteiger partial charge in [0.15, 0.2) is 0 Å². The summed E-state index contributed by atoms with van der Waals surface area (Å²) in [4.78, 5) is 20.8. The Morgan fingerprint density at radius 1 is 1.17 bits per heavy atom. The largest absolute Gasteiger partial charge is 0.497 e. The molecule has 158 valence electrons. The van der Waals surface area contributed by atoms with Gasteiger partial charge in [0.05, 0.1) is 7.11 Å². The third kappa shape index (κ3) is 3.82. The average Bonchev–Trinajstić information content (AvgIpc) is 3.17. The van der Waals surface area contributed by atoms with Crippen LogP contribution < -0.4 is 4.74 Å². The van der Waals surface area contributed by atoms with Gasteiger partial charge in [0.2, 0.25) is 0 Å². The number of para-hydroxylation sites is 1. The molecule has 30 heavy (non-hydrogen) atoms. The summed E-state index contributed by atoms with van der Waals surface area (Å²) in [6.07, 6.45) is 0. The molecule has 3 aromatic rings. The van der Waals surface area contributed by atoms with Crippen LogP contribution in [0.1, 0.15) is 36.8 Å². The fourth-order valence-corrected chi connectivity index (χ4v) is 4.35. The summed E-state index contributed by atoms with van der Waals surface area (Å²) in [7, 11) is 1.69. The van der Waals surface area contributed by atoms with Gasteiger partial charge < -0.3 is 14.6 Å². The number of nitrogens with one attached hydrogen (secondary N) is 1. The zero-order valence-corrected chi connectivity index (χ0v) is 18.3. The number of carbonyl (C=O) groups is 1. The van der Waals surface area contributed by atoms with E-state index >= 15 is 0 Å². The first-order valence-electron chi connectivity index (χ1n) is 10.7. The zero-order valence-electron chi connectivity index (χ0n) is 18.3. The Hall–Kier alpha value is -2.79. The van der Waals surface area contributed by atoms with Crippen molar-refractivity contribution in [2.45, 2.75) is 26.3 Å². The standard InChI is InChI=1S/C25H31N3O2/c1-5-27(24(29)23-14-19-8-6-7-9-22(19)26-23)15-18-16-28(17-18)25(2,3)20-10-12-21(30-4)13-11-20/h6-14,18,26H,5,15-17H2,1-4H3. The second kappa shape index (κ2) is 8.15. The highest BCUT2D eigenvalue weighted by Gasteiger charge is 2.39. The predicted octanol–water partition coefficient (Wildman–Crippen LogP) is 4.51. The summed E-state index contributed by atoms with van der Waals surface area (Å²) in [5.74, 6) is 1.46. The first kappa shape index (κ1) is 20.5. The van der Waals surface area contributed by atoms with Crippen molar-refractivity contribution in [3.63, 3.8) is 0 Å². The van der Waals surface area contributed by atoms with E-state index in [0.29, 0.717) is 18.2 Å². The number of likely N-dealkylation sites (tertiary alicyclic amines) is 1. The highest BCUT2D eigenvalue weighted by molar-refractivity contribution is 5.98. The van der Waals surface area contributed by atoms with Gasteiger partial charge in [0, 0.05) is 48.5 Å². The van der Waals surface area contributed by atoms with Gasteiger partial charge in [-0.05, 0) is 50.6 Å². The number of hydrogen-bond donors (Lipinski definition) is 1. The molecular formula is C25H31N3O2. The normalized spacial score (nSPS) is 15.2. The molecule has 5 nitrogen and oxygen atoms in total. The fourth-order valence-electron chi connectivity index (χ4n) is 4.35. The number of rotatable bonds is 7. The summed E-state index contributed by atoms with van der Waals surface area (Å²) >= 11 is 0. The van der Waals surface area contributed by atoms with Crippen LogP contribution in [0, 0.1) is 5.92 Å². The number of benzene rings is 2. The Morgan fingerprint density at radius 2 is 1.87 bits per heavy atom. The van der Waals surface area contributed by atoms with Crippen molar-refractivity contribution in [3.8, 4) is 5.75 Å². The maximum atomic E-state index is 13.1. The first-order chi connectivity index (χ1) is 14.4. The molecule has 1 amide bonds. The Morgan fingerprint density at radius 3 is 2.50 bits per heavy atom. The second-order valence-corrected chi connectivity index (χ2v) is 8.67. The molecule has 0 unspecified atom stereocenters. The van der Waals surface area contributed by atoms with E-state index in [-0.39, 0.29) is 11.4 Å². The maximum Gasteiger partial charge on any atom is 0.270 e. The molecule has 1 N–H and O–H groups in total. The third-order valence-corrected chi connectivity index (χ3v) is 6.45. The van der Waals surface area contributed by atoms with Crippen molar-refractivity contribution in [1.29, 1.82) is 0 Å². The molecule has 0 atom stereocenters. The highest BCUT2D eigenvalue weighted by atomic mass is 16.5. The summed E-state index contributed by atoms with van der Waals surface area (Å²) < 4.78 is 5.28. The molecule has 4 rings (SSSR count). The molecule has 1 aliphatic heterocycles. The lowest BCUT2D eigenvalue weighted by molar-refractivity contribution is -0.0111. The lowest BCUT2D eigenvalue weighted by Gasteiger charge is -2.50. The second-order valence-electron chi connectivity index (χ2n) is 8.67. The van der Waals surface area contributed by atoms with Gasteiger partial charge in [-0.3, -0.25) is 9.69 Å². The molecule has 0 spiro atoms. The van der Waals surface area contributed by atoms with Crippen LogP contribution >= 0.6 is 0 Å². The number of hydrogen-bond acceptors (Lipinski definition) is 3. The number of aromatic nitrogens is 1. The third-order valence-electron chi connectivity index (χ3n) is 6.45. The lowest BCUT2D eigenvalue weighted by atomic mass is 9.85. The van der Waals surface area contributed by atoms with Crippen molar-refractivity contribution < 1.29 is 9.53 Å². The van der Waals surface area contributed by atoms with Crippen molar-refractivity contribution in [3.05, 3.63) is 65.9 Å². The van der Waals surface area contributed by atoms with Crippen LogP contribution in [0.3, 0.4) is 0 Å². The van der Waals surface area contributed by atoms with Gasteiger partial charge in [-0.25, -0.2) is 0 Å². The maximum absolute atomic E-state index is 13.1. The number of amides is 1. The molecule has 2 aromatic carbocycles. The number of methoxy groups -OCH3 is 1. The van der Waals surface area contributed by atoms with Gasteiger partial charge in [-0.1, -0.05) is 30.3 Å². The van der Waals surface area contributed by atoms with Crippen LogP contribution in [-0.2, 0) is 5.54 Å². The number of H-pyrrole nitrogens is 1. The van der Waals surface area contributed by atoms with E-state index in [9.17, 15) is 4.79 Å². The fraction of sp³-hybridized carbons (Fsp3) is 0.400. The molecular weight excluding hydrogens is 374 g/mol. The number of aromatic amines is 1. The molecule has 0 radical (unpaired) electrons. The topological polar surface area (TPSA) is 48.6 Å². The molecule has 0 aliphatic carbocycles. The molecule has 1 aromatic heterocycles. The molecule has 1 fully saturated rings. The predicted molar refractivity (Wildman–Crippen MR) is 121 cm³/mol. The van der Waals surface area contributed by atoms with Crippen molar-refractivity contribution in [2.24, 2.45) is 5.92 Å². The van der Waals surface area contributed by atoms with Crippen LogP contribution in [0.2, 0.25) is 0 Å². The number of nitrogens with zero attached hydrogens (tertiary/aromatic N) is 2. The zero-order chi connectivity index (χ0) is 21.3. The summed E-state index contributed by atoms with van der Waals surface area (Å²) in [6.45, 7) is 10.1. The average molecular weight is 406 g/mol. The van der Waals surface area contributed by atoms with Crippen LogP contribution in [0.4, 0.5) is 0 Å². The number of fused-ring (bicyclic) bond motifs is 1. The van der Waals surface area contributed by atoms with Gasteiger partial charge in [-0.15, -0.1) is 0 Å². The van der Waals surface area contributed by atoms with E-state index in [0.717, 1.165) is 36.3 Å². The molecule has 5 heteroatoms. The number of carbonyl (C=O) groups excluding carboxylic acids is 1. The van der Waals surface area contributed by atoms with Gasteiger partial charge >= 0.3 is 0 Å². The molecule has 1 aliphatic rings. The Labute approximate surface area is 178 Å². The lowest BCUT2D eigenvalue weighted by Crippen LogP contribution is -2.58. The highest BCUT2D eigenvalue weighted by Crippen LogP contribution is 2.35. The molecule has 1 saturated heterocycles. The van der Waals surface area contributed by atoms with Crippen LogP contribution in [-0.4, -0.2) is 54.0 Å². The SMILES string of the molecule is CCN(CC1CN(C(C)(C)c2ccc(OC)cc2)C1)C(=O)c1cc2ccccc2[nH]1.